The molecule has 0 saturated carbocycles. The van der Waals surface area contributed by atoms with Crippen molar-refractivity contribution in [3.8, 4) is 5.69 Å². The number of rotatable bonds is 9. The van der Waals surface area contributed by atoms with Gasteiger partial charge in [-0.2, -0.15) is 0 Å². The number of nitrogens with zero attached hydrogens (tertiary/aromatic N) is 3. The quantitative estimate of drug-likeness (QED) is 0.691. The number of nitrogens with two attached hydrogens (primary N) is 1. The molecule has 1 aromatic heterocycles. The van der Waals surface area contributed by atoms with E-state index in [-0.39, 0.29) is 5.91 Å². The van der Waals surface area contributed by atoms with Crippen LogP contribution in [-0.2, 0) is 11.3 Å². The van der Waals surface area contributed by atoms with Gasteiger partial charge in [0.1, 0.15) is 6.33 Å². The lowest BCUT2D eigenvalue weighted by Crippen LogP contribution is -2.24. The second-order valence-corrected chi connectivity index (χ2v) is 5.18. The normalized spacial score (nSPS) is 10.6. The molecule has 6 heteroatoms. The molecule has 118 valence electrons. The highest BCUT2D eigenvalue weighted by Gasteiger charge is 2.08. The highest BCUT2D eigenvalue weighted by molar-refractivity contribution is 5.75. The van der Waals surface area contributed by atoms with Crippen molar-refractivity contribution in [3.05, 3.63) is 42.5 Å². The molecule has 0 saturated heterocycles. The minimum absolute atomic E-state index is 0.0513. The molecule has 2 rings (SSSR count). The smallest absolute Gasteiger partial charge is 0.220 e. The first-order valence-electron chi connectivity index (χ1n) is 7.72. The van der Waals surface area contributed by atoms with Gasteiger partial charge in [0.25, 0.3) is 0 Å². The van der Waals surface area contributed by atoms with Gasteiger partial charge in [0.05, 0.1) is 6.54 Å². The molecule has 1 aromatic carbocycles. The average molecular weight is 301 g/mol. The maximum Gasteiger partial charge on any atom is 0.220 e. The average Bonchev–Trinajstić information content (AvgIpc) is 3.02. The Balaban J connectivity index is 1.78. The van der Waals surface area contributed by atoms with Crippen LogP contribution in [0.2, 0.25) is 0 Å². The molecule has 3 N–H and O–H groups in total. The number of carbonyl (C=O) groups is 1. The number of nitrogens with one attached hydrogen (secondary N) is 1. The molecule has 22 heavy (non-hydrogen) atoms. The monoisotopic (exact) mass is 301 g/mol. The van der Waals surface area contributed by atoms with E-state index in [1.807, 2.05) is 34.9 Å². The standard InChI is InChI=1S/C16H23N5O/c17-11-7-2-1-6-10-16(22)18-12-15-20-19-13-21(15)14-8-4-3-5-9-14/h3-5,8-9,13H,1-2,6-7,10-12,17H2,(H,18,22). The minimum Gasteiger partial charge on any atom is -0.349 e. The SMILES string of the molecule is NCCCCCCC(=O)NCc1nncn1-c1ccccc1. The van der Waals surface area contributed by atoms with E-state index < -0.39 is 0 Å². The number of hydrogen-bond acceptors (Lipinski definition) is 4. The third-order valence-electron chi connectivity index (χ3n) is 3.45. The number of hydrogen-bond donors (Lipinski definition) is 2. The summed E-state index contributed by atoms with van der Waals surface area (Å²) >= 11 is 0. The predicted molar refractivity (Wildman–Crippen MR) is 85.3 cm³/mol. The Labute approximate surface area is 130 Å². The second kappa shape index (κ2) is 8.94. The van der Waals surface area contributed by atoms with Gasteiger partial charge >= 0.3 is 0 Å². The van der Waals surface area contributed by atoms with Crippen LogP contribution >= 0.6 is 0 Å². The van der Waals surface area contributed by atoms with E-state index in [1.165, 1.54) is 0 Å². The topological polar surface area (TPSA) is 85.8 Å². The number of unbranched alkanes of at least 4 members (excludes halogenated alkanes) is 3. The van der Waals surface area contributed by atoms with Crippen LogP contribution in [0.15, 0.2) is 36.7 Å². The first kappa shape index (κ1) is 16.2. The Kier molecular flexibility index (Phi) is 6.57. The van der Waals surface area contributed by atoms with E-state index >= 15 is 0 Å². The van der Waals surface area contributed by atoms with Crippen LogP contribution in [0.3, 0.4) is 0 Å². The van der Waals surface area contributed by atoms with E-state index in [0.29, 0.717) is 13.0 Å². The van der Waals surface area contributed by atoms with Crippen molar-refractivity contribution in [1.29, 1.82) is 0 Å². The summed E-state index contributed by atoms with van der Waals surface area (Å²) in [7, 11) is 0. The molecular formula is C16H23N5O. The van der Waals surface area contributed by atoms with Gasteiger partial charge in [-0.15, -0.1) is 10.2 Å². The van der Waals surface area contributed by atoms with Crippen molar-refractivity contribution in [2.75, 3.05) is 6.54 Å². The molecule has 1 heterocycles. The maximum absolute atomic E-state index is 11.8. The minimum atomic E-state index is 0.0513. The summed E-state index contributed by atoms with van der Waals surface area (Å²) in [5.74, 6) is 0.776. The number of amides is 1. The molecule has 0 fully saturated rings. The molecule has 0 unspecified atom stereocenters. The van der Waals surface area contributed by atoms with Crippen LogP contribution in [0.1, 0.15) is 37.9 Å². The molecule has 2 aromatic rings. The molecule has 0 radical (unpaired) electrons. The highest BCUT2D eigenvalue weighted by atomic mass is 16.1. The summed E-state index contributed by atoms with van der Waals surface area (Å²) < 4.78 is 1.88. The van der Waals surface area contributed by atoms with Gasteiger partial charge in [0.15, 0.2) is 5.82 Å². The fraction of sp³-hybridized carbons (Fsp3) is 0.438. The Morgan fingerprint density at radius 1 is 1.14 bits per heavy atom. The van der Waals surface area contributed by atoms with Crippen molar-refractivity contribution in [2.24, 2.45) is 5.73 Å². The highest BCUT2D eigenvalue weighted by Crippen LogP contribution is 2.09. The molecular weight excluding hydrogens is 278 g/mol. The van der Waals surface area contributed by atoms with Crippen molar-refractivity contribution < 1.29 is 4.79 Å². The summed E-state index contributed by atoms with van der Waals surface area (Å²) in [6.45, 7) is 1.11. The lowest BCUT2D eigenvalue weighted by atomic mass is 10.1. The number of aromatic nitrogens is 3. The Bertz CT molecular complexity index is 567. The summed E-state index contributed by atoms with van der Waals surface area (Å²) in [6.07, 6.45) is 6.27. The van der Waals surface area contributed by atoms with Gasteiger partial charge in [0.2, 0.25) is 5.91 Å². The van der Waals surface area contributed by atoms with Crippen LogP contribution in [0.5, 0.6) is 0 Å². The van der Waals surface area contributed by atoms with Gasteiger partial charge in [-0.1, -0.05) is 31.0 Å². The Morgan fingerprint density at radius 3 is 2.68 bits per heavy atom. The number of benzene rings is 1. The van der Waals surface area contributed by atoms with Crippen LogP contribution in [-0.4, -0.2) is 27.2 Å². The number of carbonyl (C=O) groups excluding carboxylic acids is 1. The fourth-order valence-electron chi connectivity index (χ4n) is 2.23. The molecule has 6 nitrogen and oxygen atoms in total. The zero-order valence-corrected chi connectivity index (χ0v) is 12.7. The molecule has 0 aliphatic heterocycles. The first-order chi connectivity index (χ1) is 10.8. The van der Waals surface area contributed by atoms with E-state index in [9.17, 15) is 4.79 Å². The summed E-state index contributed by atoms with van der Waals surface area (Å²) in [5.41, 5.74) is 6.42. The number of para-hydroxylation sites is 1. The van der Waals surface area contributed by atoms with Gasteiger partial charge in [-0.3, -0.25) is 9.36 Å². The van der Waals surface area contributed by atoms with Crippen LogP contribution in [0.4, 0.5) is 0 Å². The summed E-state index contributed by atoms with van der Waals surface area (Å²) in [4.78, 5) is 11.8. The van der Waals surface area contributed by atoms with Crippen molar-refractivity contribution in [1.82, 2.24) is 20.1 Å². The Morgan fingerprint density at radius 2 is 1.91 bits per heavy atom. The van der Waals surface area contributed by atoms with E-state index in [0.717, 1.165) is 43.7 Å². The summed E-state index contributed by atoms with van der Waals surface area (Å²) in [5, 5.41) is 10.9. The third kappa shape index (κ3) is 4.96. The molecule has 0 bridgehead atoms. The maximum atomic E-state index is 11.8. The van der Waals surface area contributed by atoms with Gasteiger partial charge in [-0.25, -0.2) is 0 Å². The van der Waals surface area contributed by atoms with Crippen LogP contribution in [0.25, 0.3) is 5.69 Å². The molecule has 0 atom stereocenters. The Hall–Kier alpha value is -2.21. The van der Waals surface area contributed by atoms with Gasteiger partial charge in [0, 0.05) is 12.1 Å². The third-order valence-corrected chi connectivity index (χ3v) is 3.45. The molecule has 1 amide bonds. The lowest BCUT2D eigenvalue weighted by molar-refractivity contribution is -0.121. The van der Waals surface area contributed by atoms with E-state index in [2.05, 4.69) is 15.5 Å². The lowest BCUT2D eigenvalue weighted by Gasteiger charge is -2.08. The second-order valence-electron chi connectivity index (χ2n) is 5.18. The van der Waals surface area contributed by atoms with Crippen molar-refractivity contribution >= 4 is 5.91 Å². The zero-order chi connectivity index (χ0) is 15.6. The van der Waals surface area contributed by atoms with Crippen molar-refractivity contribution in [3.63, 3.8) is 0 Å². The van der Waals surface area contributed by atoms with E-state index in [4.69, 9.17) is 5.73 Å². The van der Waals surface area contributed by atoms with Crippen LogP contribution < -0.4 is 11.1 Å². The molecule has 0 aliphatic carbocycles. The van der Waals surface area contributed by atoms with Crippen molar-refractivity contribution in [2.45, 2.75) is 38.6 Å². The molecule has 0 spiro atoms. The summed E-state index contributed by atoms with van der Waals surface area (Å²) in [6, 6.07) is 9.83. The zero-order valence-electron chi connectivity index (χ0n) is 12.7. The van der Waals surface area contributed by atoms with Crippen LogP contribution in [0, 0.1) is 0 Å². The first-order valence-corrected chi connectivity index (χ1v) is 7.72. The predicted octanol–water partition coefficient (Wildman–Crippen LogP) is 1.79. The molecule has 0 aliphatic rings. The fourth-order valence-corrected chi connectivity index (χ4v) is 2.23. The van der Waals surface area contributed by atoms with E-state index in [1.54, 1.807) is 6.33 Å². The van der Waals surface area contributed by atoms with Gasteiger partial charge < -0.3 is 11.1 Å². The largest absolute Gasteiger partial charge is 0.349 e. The van der Waals surface area contributed by atoms with Gasteiger partial charge in [-0.05, 0) is 31.5 Å².